The van der Waals surface area contributed by atoms with Gasteiger partial charge in [0.2, 0.25) is 0 Å². The van der Waals surface area contributed by atoms with Crippen LogP contribution in [0.2, 0.25) is 0 Å². The van der Waals surface area contributed by atoms with Crippen molar-refractivity contribution in [3.63, 3.8) is 0 Å². The fraction of sp³-hybridized carbons (Fsp3) is 0.320. The van der Waals surface area contributed by atoms with E-state index in [2.05, 4.69) is 0 Å². The third-order valence-electron chi connectivity index (χ3n) is 4.37. The minimum atomic E-state index is 0.563. The summed E-state index contributed by atoms with van der Waals surface area (Å²) >= 11 is 0. The molecule has 3 aromatic rings. The van der Waals surface area contributed by atoms with Gasteiger partial charge in [-0.05, 0) is 58.0 Å². The molecule has 1 aromatic heterocycles. The van der Waals surface area contributed by atoms with E-state index in [1.807, 2.05) is 82.3 Å². The molecule has 0 radical (unpaired) electrons. The van der Waals surface area contributed by atoms with Crippen LogP contribution in [0.15, 0.2) is 59.0 Å². The molecule has 30 heavy (non-hydrogen) atoms. The van der Waals surface area contributed by atoms with Crippen molar-refractivity contribution in [2.24, 2.45) is 0 Å². The second-order valence-electron chi connectivity index (χ2n) is 6.41. The molecular weight excluding hydrogens is 380 g/mol. The number of rotatable bonds is 10. The maximum Gasteiger partial charge on any atom is 0.360 e. The summed E-state index contributed by atoms with van der Waals surface area (Å²) in [5, 5.41) is 0. The lowest BCUT2D eigenvalue weighted by molar-refractivity contribution is 0.288. The Morgan fingerprint density at radius 1 is 0.533 bits per heavy atom. The summed E-state index contributed by atoms with van der Waals surface area (Å²) in [4.78, 5) is 0. The van der Waals surface area contributed by atoms with Crippen molar-refractivity contribution in [3.8, 4) is 45.6 Å². The van der Waals surface area contributed by atoms with Crippen molar-refractivity contribution in [2.45, 2.75) is 27.7 Å². The zero-order valence-electron chi connectivity index (χ0n) is 18.1. The molecule has 0 bridgehead atoms. The normalized spacial score (nSPS) is 10.5. The van der Waals surface area contributed by atoms with Gasteiger partial charge in [0.25, 0.3) is 0 Å². The average molecular weight is 410 g/mol. The van der Waals surface area contributed by atoms with Crippen LogP contribution in [0.1, 0.15) is 27.7 Å². The summed E-state index contributed by atoms with van der Waals surface area (Å²) in [6.07, 6.45) is 0. The average Bonchev–Trinajstić information content (AvgIpc) is 2.77. The van der Waals surface area contributed by atoms with Gasteiger partial charge in [-0.25, -0.2) is 4.42 Å². The highest BCUT2D eigenvalue weighted by Crippen LogP contribution is 2.36. The van der Waals surface area contributed by atoms with Gasteiger partial charge >= 0.3 is 11.5 Å². The van der Waals surface area contributed by atoms with Crippen molar-refractivity contribution in [2.75, 3.05) is 26.4 Å². The molecule has 158 valence electrons. The summed E-state index contributed by atoms with van der Waals surface area (Å²) in [6, 6.07) is 17.5. The second-order valence-corrected chi connectivity index (χ2v) is 6.41. The summed E-state index contributed by atoms with van der Waals surface area (Å²) < 4.78 is 29.0. The zero-order chi connectivity index (χ0) is 21.3. The van der Waals surface area contributed by atoms with E-state index in [1.54, 1.807) is 0 Å². The van der Waals surface area contributed by atoms with E-state index < -0.39 is 0 Å². The van der Waals surface area contributed by atoms with E-state index in [0.717, 1.165) is 34.1 Å². The summed E-state index contributed by atoms with van der Waals surface area (Å²) in [6.45, 7) is 10.1. The third-order valence-corrected chi connectivity index (χ3v) is 4.37. The van der Waals surface area contributed by atoms with E-state index >= 15 is 0 Å². The van der Waals surface area contributed by atoms with Crippen LogP contribution >= 0.6 is 0 Å². The molecule has 0 aliphatic carbocycles. The zero-order valence-corrected chi connectivity index (χ0v) is 18.1. The van der Waals surface area contributed by atoms with Crippen LogP contribution in [0.5, 0.6) is 23.0 Å². The van der Waals surface area contributed by atoms with Crippen molar-refractivity contribution in [1.82, 2.24) is 0 Å². The molecule has 1 heterocycles. The lowest BCUT2D eigenvalue weighted by Gasteiger charge is -2.11. The molecule has 0 saturated carbocycles. The summed E-state index contributed by atoms with van der Waals surface area (Å²) in [7, 11) is 0. The van der Waals surface area contributed by atoms with E-state index in [0.29, 0.717) is 37.9 Å². The van der Waals surface area contributed by atoms with Gasteiger partial charge in [0.15, 0.2) is 23.0 Å². The Bertz CT molecular complexity index is 893. The minimum Gasteiger partial charge on any atom is -0.490 e. The SMILES string of the molecule is CCOc1ccc(-c2cccc(-c3ccc(OCC)c(OCC)c3)[o+]2)cc1OCC. The molecule has 0 fully saturated rings. The highest BCUT2D eigenvalue weighted by molar-refractivity contribution is 5.67. The van der Waals surface area contributed by atoms with Gasteiger partial charge in [-0.1, -0.05) is 0 Å². The van der Waals surface area contributed by atoms with Gasteiger partial charge in [-0.3, -0.25) is 0 Å². The Hall–Kier alpha value is -3.21. The molecule has 0 unspecified atom stereocenters. The van der Waals surface area contributed by atoms with E-state index in [4.69, 9.17) is 23.4 Å². The molecule has 0 spiro atoms. The van der Waals surface area contributed by atoms with Crippen LogP contribution < -0.4 is 18.9 Å². The maximum absolute atomic E-state index is 6.22. The number of hydrogen-bond donors (Lipinski definition) is 0. The number of ether oxygens (including phenoxy) is 4. The highest BCUT2D eigenvalue weighted by Gasteiger charge is 2.20. The molecule has 5 heteroatoms. The lowest BCUT2D eigenvalue weighted by atomic mass is 10.1. The first-order valence-corrected chi connectivity index (χ1v) is 10.4. The Morgan fingerprint density at radius 3 is 1.33 bits per heavy atom. The van der Waals surface area contributed by atoms with E-state index in [1.165, 1.54) is 0 Å². The van der Waals surface area contributed by atoms with E-state index in [-0.39, 0.29) is 0 Å². The van der Waals surface area contributed by atoms with Gasteiger partial charge in [-0.15, -0.1) is 0 Å². The lowest BCUT2D eigenvalue weighted by Crippen LogP contribution is -1.99. The Labute approximate surface area is 178 Å². The highest BCUT2D eigenvalue weighted by atomic mass is 16.5. The molecule has 5 nitrogen and oxygen atoms in total. The quantitative estimate of drug-likeness (QED) is 0.358. The minimum absolute atomic E-state index is 0.563. The molecule has 0 saturated heterocycles. The van der Waals surface area contributed by atoms with Gasteiger partial charge in [0.1, 0.15) is 0 Å². The molecule has 0 amide bonds. The van der Waals surface area contributed by atoms with Crippen LogP contribution in [-0.2, 0) is 0 Å². The molecule has 0 atom stereocenters. The Kier molecular flexibility index (Phi) is 7.55. The fourth-order valence-corrected chi connectivity index (χ4v) is 3.13. The number of hydrogen-bond acceptors (Lipinski definition) is 4. The van der Waals surface area contributed by atoms with Crippen molar-refractivity contribution in [3.05, 3.63) is 54.6 Å². The van der Waals surface area contributed by atoms with Crippen LogP contribution in [0.25, 0.3) is 22.6 Å². The van der Waals surface area contributed by atoms with E-state index in [9.17, 15) is 0 Å². The second kappa shape index (κ2) is 10.5. The third kappa shape index (κ3) is 5.03. The van der Waals surface area contributed by atoms with Crippen LogP contribution in [0.3, 0.4) is 0 Å². The first-order valence-electron chi connectivity index (χ1n) is 10.4. The summed E-state index contributed by atoms with van der Waals surface area (Å²) in [5.74, 6) is 4.35. The molecule has 3 rings (SSSR count). The smallest absolute Gasteiger partial charge is 0.360 e. The Balaban J connectivity index is 1.97. The Morgan fingerprint density at radius 2 is 0.933 bits per heavy atom. The molecule has 0 aliphatic heterocycles. The fourth-order valence-electron chi connectivity index (χ4n) is 3.13. The van der Waals surface area contributed by atoms with Gasteiger partial charge in [-0.2, -0.15) is 0 Å². The first kappa shape index (κ1) is 21.5. The number of benzene rings is 2. The first-order chi connectivity index (χ1) is 14.7. The monoisotopic (exact) mass is 409 g/mol. The predicted molar refractivity (Wildman–Crippen MR) is 119 cm³/mol. The van der Waals surface area contributed by atoms with Gasteiger partial charge in [0, 0.05) is 24.3 Å². The summed E-state index contributed by atoms with van der Waals surface area (Å²) in [5.41, 5.74) is 1.83. The van der Waals surface area contributed by atoms with Crippen LogP contribution in [0, 0.1) is 0 Å². The topological polar surface area (TPSA) is 48.2 Å². The van der Waals surface area contributed by atoms with Crippen molar-refractivity contribution >= 4 is 0 Å². The molecule has 0 N–H and O–H groups in total. The molecule has 0 aliphatic rings. The molecular formula is C25H29O5+. The maximum atomic E-state index is 6.22. The molecule has 2 aromatic carbocycles. The van der Waals surface area contributed by atoms with Crippen LogP contribution in [-0.4, -0.2) is 26.4 Å². The standard InChI is InChI=1S/C25H29O5/c1-5-26-22-14-12-18(16-24(22)28-7-3)20-10-9-11-21(30-20)19-13-15-23(27-6-2)25(17-19)29-8-4/h9-17H,5-8H2,1-4H3/q+1. The van der Waals surface area contributed by atoms with Crippen LogP contribution in [0.4, 0.5) is 0 Å². The largest absolute Gasteiger partial charge is 0.490 e. The van der Waals surface area contributed by atoms with Gasteiger partial charge < -0.3 is 18.9 Å². The van der Waals surface area contributed by atoms with Gasteiger partial charge in [0.05, 0.1) is 37.6 Å². The van der Waals surface area contributed by atoms with Crippen molar-refractivity contribution < 1.29 is 23.4 Å². The predicted octanol–water partition coefficient (Wildman–Crippen LogP) is 6.49. The van der Waals surface area contributed by atoms with Crippen molar-refractivity contribution in [1.29, 1.82) is 0 Å².